The van der Waals surface area contributed by atoms with E-state index in [1.807, 2.05) is 60.4 Å². The molecule has 0 radical (unpaired) electrons. The highest BCUT2D eigenvalue weighted by molar-refractivity contribution is 5.76. The molecule has 1 unspecified atom stereocenters. The lowest BCUT2D eigenvalue weighted by atomic mass is 10.1. The van der Waals surface area contributed by atoms with Crippen molar-refractivity contribution in [2.45, 2.75) is 18.9 Å². The summed E-state index contributed by atoms with van der Waals surface area (Å²) in [5.41, 5.74) is 1.96. The van der Waals surface area contributed by atoms with E-state index in [1.54, 1.807) is 6.20 Å². The number of morpholine rings is 1. The van der Waals surface area contributed by atoms with Crippen LogP contribution in [0.25, 0.3) is 0 Å². The molecule has 0 saturated carbocycles. The van der Waals surface area contributed by atoms with E-state index in [0.29, 0.717) is 32.5 Å². The first-order chi connectivity index (χ1) is 12.1. The summed E-state index contributed by atoms with van der Waals surface area (Å²) >= 11 is 0. The Balaban J connectivity index is 1.60. The number of aryl methyl sites for hydroxylation is 1. The summed E-state index contributed by atoms with van der Waals surface area (Å²) < 4.78 is 5.86. The van der Waals surface area contributed by atoms with Crippen LogP contribution >= 0.6 is 0 Å². The molecule has 6 heteroatoms. The molecule has 3 heterocycles. The lowest BCUT2D eigenvalue weighted by Gasteiger charge is -2.33. The summed E-state index contributed by atoms with van der Waals surface area (Å²) in [5, 5.41) is 0. The van der Waals surface area contributed by atoms with Gasteiger partial charge >= 0.3 is 0 Å². The van der Waals surface area contributed by atoms with Crippen molar-refractivity contribution in [3.63, 3.8) is 0 Å². The molecule has 0 aromatic carbocycles. The topological polar surface area (TPSA) is 58.6 Å². The zero-order valence-electron chi connectivity index (χ0n) is 14.8. The first kappa shape index (κ1) is 17.4. The fourth-order valence-electron chi connectivity index (χ4n) is 2.88. The molecule has 1 atom stereocenters. The Morgan fingerprint density at radius 2 is 2.20 bits per heavy atom. The fraction of sp³-hybridized carbons (Fsp3) is 0.421. The summed E-state index contributed by atoms with van der Waals surface area (Å²) in [4.78, 5) is 25.1. The van der Waals surface area contributed by atoms with Crippen molar-refractivity contribution in [3.05, 3.63) is 54.0 Å². The lowest BCUT2D eigenvalue weighted by molar-refractivity contribution is -0.139. The van der Waals surface area contributed by atoms with E-state index in [4.69, 9.17) is 4.74 Å². The molecule has 1 aliphatic rings. The number of carbonyl (C=O) groups is 1. The van der Waals surface area contributed by atoms with Gasteiger partial charge in [0.15, 0.2) is 0 Å². The van der Waals surface area contributed by atoms with E-state index in [1.165, 1.54) is 0 Å². The van der Waals surface area contributed by atoms with Crippen LogP contribution in [0.1, 0.15) is 23.8 Å². The largest absolute Gasteiger partial charge is 0.368 e. The van der Waals surface area contributed by atoms with E-state index in [0.717, 1.165) is 17.1 Å². The average molecular weight is 340 g/mol. The van der Waals surface area contributed by atoms with E-state index >= 15 is 0 Å². The number of ether oxygens (including phenoxy) is 1. The molecule has 1 saturated heterocycles. The summed E-state index contributed by atoms with van der Waals surface area (Å²) in [7, 11) is 3.92. The van der Waals surface area contributed by atoms with Gasteiger partial charge in [-0.15, -0.1) is 0 Å². The van der Waals surface area contributed by atoms with E-state index < -0.39 is 0 Å². The number of nitrogens with zero attached hydrogens (tertiary/aromatic N) is 4. The zero-order valence-corrected chi connectivity index (χ0v) is 14.8. The molecular weight excluding hydrogens is 316 g/mol. The smallest absolute Gasteiger partial charge is 0.223 e. The predicted molar refractivity (Wildman–Crippen MR) is 96.4 cm³/mol. The second-order valence-corrected chi connectivity index (χ2v) is 6.38. The molecule has 0 N–H and O–H groups in total. The van der Waals surface area contributed by atoms with E-state index in [2.05, 4.69) is 9.97 Å². The Morgan fingerprint density at radius 3 is 2.96 bits per heavy atom. The highest BCUT2D eigenvalue weighted by Crippen LogP contribution is 2.23. The van der Waals surface area contributed by atoms with E-state index in [-0.39, 0.29) is 12.0 Å². The Kier molecular flexibility index (Phi) is 5.60. The van der Waals surface area contributed by atoms with Crippen LogP contribution in [-0.4, -0.2) is 54.6 Å². The van der Waals surface area contributed by atoms with Crippen molar-refractivity contribution in [2.24, 2.45) is 0 Å². The van der Waals surface area contributed by atoms with Crippen molar-refractivity contribution in [1.82, 2.24) is 14.9 Å². The van der Waals surface area contributed by atoms with Crippen molar-refractivity contribution in [1.29, 1.82) is 0 Å². The molecule has 3 rings (SSSR count). The zero-order chi connectivity index (χ0) is 17.6. The molecule has 6 nitrogen and oxygen atoms in total. The number of anilines is 1. The number of carbonyl (C=O) groups excluding carboxylic acids is 1. The van der Waals surface area contributed by atoms with Gasteiger partial charge in [0.05, 0.1) is 18.8 Å². The number of aromatic nitrogens is 2. The van der Waals surface area contributed by atoms with Gasteiger partial charge in [0.2, 0.25) is 5.91 Å². The standard InChI is InChI=1S/C19H24N4O2/c1-22(2)18-7-3-6-16(21-18)17-14-23(11-12-25-17)19(24)9-8-15-5-4-10-20-13-15/h3-7,10,13,17H,8-9,11-12,14H2,1-2H3. The summed E-state index contributed by atoms with van der Waals surface area (Å²) in [6.07, 6.45) is 4.59. The summed E-state index contributed by atoms with van der Waals surface area (Å²) in [6, 6.07) is 9.79. The molecule has 0 bridgehead atoms. The van der Waals surface area contributed by atoms with Gasteiger partial charge in [-0.25, -0.2) is 4.98 Å². The minimum atomic E-state index is -0.170. The molecule has 2 aromatic rings. The number of amides is 1. The number of hydrogen-bond acceptors (Lipinski definition) is 5. The van der Waals surface area contributed by atoms with Gasteiger partial charge in [-0.3, -0.25) is 9.78 Å². The van der Waals surface area contributed by atoms with Crippen LogP contribution in [0, 0.1) is 0 Å². The van der Waals surface area contributed by atoms with Gasteiger partial charge in [-0.1, -0.05) is 12.1 Å². The maximum absolute atomic E-state index is 12.5. The molecule has 1 aliphatic heterocycles. The minimum Gasteiger partial charge on any atom is -0.368 e. The van der Waals surface area contributed by atoms with Crippen LogP contribution < -0.4 is 4.90 Å². The summed E-state index contributed by atoms with van der Waals surface area (Å²) in [5.74, 6) is 1.04. The Bertz CT molecular complexity index is 706. The monoisotopic (exact) mass is 340 g/mol. The highest BCUT2D eigenvalue weighted by Gasteiger charge is 2.26. The minimum absolute atomic E-state index is 0.154. The third kappa shape index (κ3) is 4.54. The maximum atomic E-state index is 12.5. The van der Waals surface area contributed by atoms with Crippen molar-refractivity contribution in [3.8, 4) is 0 Å². The second-order valence-electron chi connectivity index (χ2n) is 6.38. The van der Waals surface area contributed by atoms with Gasteiger partial charge in [0.1, 0.15) is 11.9 Å². The molecule has 2 aromatic heterocycles. The van der Waals surface area contributed by atoms with Crippen molar-refractivity contribution < 1.29 is 9.53 Å². The first-order valence-corrected chi connectivity index (χ1v) is 8.56. The average Bonchev–Trinajstić information content (AvgIpc) is 2.67. The van der Waals surface area contributed by atoms with Crippen LogP contribution in [0.2, 0.25) is 0 Å². The molecule has 132 valence electrons. The van der Waals surface area contributed by atoms with Gasteiger partial charge in [0.25, 0.3) is 0 Å². The SMILES string of the molecule is CN(C)c1cccc(C2CN(C(=O)CCc3cccnc3)CCO2)n1. The number of hydrogen-bond donors (Lipinski definition) is 0. The Hall–Kier alpha value is -2.47. The second kappa shape index (κ2) is 8.07. The number of rotatable bonds is 5. The van der Waals surface area contributed by atoms with Gasteiger partial charge in [-0.05, 0) is 30.2 Å². The molecule has 0 aliphatic carbocycles. The Labute approximate surface area is 148 Å². The molecule has 1 amide bonds. The van der Waals surface area contributed by atoms with Gasteiger partial charge in [0, 0.05) is 39.5 Å². The molecule has 1 fully saturated rings. The quantitative estimate of drug-likeness (QED) is 0.834. The Morgan fingerprint density at radius 1 is 1.32 bits per heavy atom. The van der Waals surface area contributed by atoms with Crippen LogP contribution in [-0.2, 0) is 16.0 Å². The van der Waals surface area contributed by atoms with Crippen molar-refractivity contribution in [2.75, 3.05) is 38.7 Å². The van der Waals surface area contributed by atoms with Gasteiger partial charge < -0.3 is 14.5 Å². The van der Waals surface area contributed by atoms with Crippen molar-refractivity contribution >= 4 is 11.7 Å². The van der Waals surface area contributed by atoms with Crippen LogP contribution in [0.3, 0.4) is 0 Å². The highest BCUT2D eigenvalue weighted by atomic mass is 16.5. The number of pyridine rings is 2. The first-order valence-electron chi connectivity index (χ1n) is 8.56. The van der Waals surface area contributed by atoms with Crippen LogP contribution in [0.5, 0.6) is 0 Å². The van der Waals surface area contributed by atoms with E-state index in [9.17, 15) is 4.79 Å². The summed E-state index contributed by atoms with van der Waals surface area (Å²) in [6.45, 7) is 1.72. The lowest BCUT2D eigenvalue weighted by Crippen LogP contribution is -2.42. The molecule has 0 spiro atoms. The van der Waals surface area contributed by atoms with Crippen LogP contribution in [0.4, 0.5) is 5.82 Å². The van der Waals surface area contributed by atoms with Gasteiger partial charge in [-0.2, -0.15) is 0 Å². The van der Waals surface area contributed by atoms with Crippen LogP contribution in [0.15, 0.2) is 42.7 Å². The predicted octanol–water partition coefficient (Wildman–Crippen LogP) is 2.08. The third-order valence-corrected chi connectivity index (χ3v) is 4.31. The fourth-order valence-corrected chi connectivity index (χ4v) is 2.88. The molecule has 25 heavy (non-hydrogen) atoms. The third-order valence-electron chi connectivity index (χ3n) is 4.31. The maximum Gasteiger partial charge on any atom is 0.223 e. The molecular formula is C19H24N4O2. The normalized spacial score (nSPS) is 17.4.